The zero-order valence-corrected chi connectivity index (χ0v) is 16.6. The van der Waals surface area contributed by atoms with E-state index in [0.29, 0.717) is 29.4 Å². The van der Waals surface area contributed by atoms with Gasteiger partial charge in [0.05, 0.1) is 11.8 Å². The number of carbonyl (C=O) groups is 1. The maximum absolute atomic E-state index is 13.0. The zero-order chi connectivity index (χ0) is 21.3. The van der Waals surface area contributed by atoms with E-state index in [1.165, 1.54) is 24.3 Å². The zero-order valence-electron chi connectivity index (χ0n) is 15.8. The molecule has 3 aromatic rings. The highest BCUT2D eigenvalue weighted by Gasteiger charge is 2.41. The van der Waals surface area contributed by atoms with Gasteiger partial charge in [-0.25, -0.2) is 9.37 Å². The van der Waals surface area contributed by atoms with Gasteiger partial charge in [0.15, 0.2) is 5.60 Å². The van der Waals surface area contributed by atoms with Crippen molar-refractivity contribution in [1.82, 2.24) is 14.5 Å². The summed E-state index contributed by atoms with van der Waals surface area (Å²) < 4.78 is 26.3. The second kappa shape index (κ2) is 7.94. The normalized spacial score (nSPS) is 20.9. The fraction of sp³-hybridized carbons (Fsp3) is 0.286. The third-order valence-electron chi connectivity index (χ3n) is 5.03. The number of anilines is 1. The number of benzene rings is 1. The number of nitrogen functional groups attached to an aromatic ring is 1. The predicted molar refractivity (Wildman–Crippen MR) is 109 cm³/mol. The average Bonchev–Trinajstić information content (AvgIpc) is 3.33. The maximum Gasteiger partial charge on any atom is 0.310 e. The number of nitrogens with zero attached hydrogens (tertiary/aromatic N) is 3. The molecule has 30 heavy (non-hydrogen) atoms. The van der Waals surface area contributed by atoms with Crippen molar-refractivity contribution in [2.75, 3.05) is 12.3 Å². The number of aromatic nitrogens is 3. The number of terminal acetylenes is 1. The molecule has 4 rings (SSSR count). The summed E-state index contributed by atoms with van der Waals surface area (Å²) in [7, 11) is 0. The molecule has 0 bridgehead atoms. The summed E-state index contributed by atoms with van der Waals surface area (Å²) in [5, 5.41) is 0.697. The van der Waals surface area contributed by atoms with Gasteiger partial charge in [-0.3, -0.25) is 4.79 Å². The van der Waals surface area contributed by atoms with Crippen molar-refractivity contribution in [2.45, 2.75) is 31.1 Å². The Morgan fingerprint density at radius 1 is 1.40 bits per heavy atom. The van der Waals surface area contributed by atoms with Gasteiger partial charge in [-0.05, 0) is 48.2 Å². The van der Waals surface area contributed by atoms with Crippen molar-refractivity contribution < 1.29 is 18.7 Å². The van der Waals surface area contributed by atoms with Gasteiger partial charge in [0.25, 0.3) is 0 Å². The van der Waals surface area contributed by atoms with Crippen molar-refractivity contribution in [3.8, 4) is 12.3 Å². The molecule has 9 heteroatoms. The van der Waals surface area contributed by atoms with E-state index in [9.17, 15) is 9.18 Å². The van der Waals surface area contributed by atoms with E-state index in [4.69, 9.17) is 33.2 Å². The first-order valence-electron chi connectivity index (χ1n) is 9.24. The van der Waals surface area contributed by atoms with Gasteiger partial charge < -0.3 is 19.8 Å². The summed E-state index contributed by atoms with van der Waals surface area (Å²) in [4.78, 5) is 20.4. The number of hydrogen-bond donors (Lipinski definition) is 1. The fourth-order valence-corrected chi connectivity index (χ4v) is 3.63. The molecule has 2 aromatic heterocycles. The molecule has 0 amide bonds. The van der Waals surface area contributed by atoms with Gasteiger partial charge in [0, 0.05) is 6.20 Å². The van der Waals surface area contributed by atoms with E-state index in [-0.39, 0.29) is 29.9 Å². The SMILES string of the molecule is C#CC1(COC(=O)Cc2ccc(F)cc2)CCC(n2ccc3c(N)nc(Cl)nc32)O1. The van der Waals surface area contributed by atoms with Gasteiger partial charge in [0.1, 0.15) is 30.1 Å². The minimum atomic E-state index is -1.05. The first-order valence-corrected chi connectivity index (χ1v) is 9.62. The molecular weight excluding hydrogens is 411 g/mol. The van der Waals surface area contributed by atoms with Crippen LogP contribution >= 0.6 is 11.6 Å². The van der Waals surface area contributed by atoms with Crippen LogP contribution in [-0.4, -0.2) is 32.7 Å². The highest BCUT2D eigenvalue weighted by molar-refractivity contribution is 6.28. The van der Waals surface area contributed by atoms with Crippen LogP contribution < -0.4 is 5.73 Å². The second-order valence-corrected chi connectivity index (χ2v) is 7.39. The highest BCUT2D eigenvalue weighted by Crippen LogP contribution is 2.38. The molecule has 7 nitrogen and oxygen atoms in total. The number of nitrogens with two attached hydrogens (primary N) is 1. The lowest BCUT2D eigenvalue weighted by Crippen LogP contribution is -2.34. The molecule has 1 aliphatic rings. The standard InChI is InChI=1S/C21H18ClFN4O3/c1-2-21(12-29-17(28)11-13-3-5-14(23)6-4-13)9-7-16(30-21)27-10-8-15-18(24)25-20(22)26-19(15)27/h1,3-6,8,10,16H,7,9,11-12H2,(H2,24,25,26). The van der Waals surface area contributed by atoms with E-state index < -0.39 is 17.8 Å². The van der Waals surface area contributed by atoms with E-state index >= 15 is 0 Å². The number of rotatable bonds is 5. The van der Waals surface area contributed by atoms with Crippen molar-refractivity contribution in [1.29, 1.82) is 0 Å². The Balaban J connectivity index is 1.44. The van der Waals surface area contributed by atoms with Gasteiger partial charge in [-0.1, -0.05) is 18.1 Å². The molecule has 154 valence electrons. The van der Waals surface area contributed by atoms with Crippen LogP contribution in [0.1, 0.15) is 24.6 Å². The van der Waals surface area contributed by atoms with Crippen LogP contribution in [-0.2, 0) is 20.7 Å². The fourth-order valence-electron chi connectivity index (χ4n) is 3.46. The largest absolute Gasteiger partial charge is 0.461 e. The van der Waals surface area contributed by atoms with Crippen LogP contribution in [0.25, 0.3) is 11.0 Å². The van der Waals surface area contributed by atoms with Gasteiger partial charge >= 0.3 is 5.97 Å². The molecule has 0 aliphatic carbocycles. The quantitative estimate of drug-likeness (QED) is 0.381. The average molecular weight is 429 g/mol. The lowest BCUT2D eigenvalue weighted by Gasteiger charge is -2.24. The van der Waals surface area contributed by atoms with Crippen LogP contribution in [0, 0.1) is 18.2 Å². The van der Waals surface area contributed by atoms with Crippen molar-refractivity contribution in [3.05, 3.63) is 53.2 Å². The van der Waals surface area contributed by atoms with E-state index in [2.05, 4.69) is 15.9 Å². The Morgan fingerprint density at radius 2 is 2.17 bits per heavy atom. The molecule has 0 saturated carbocycles. The lowest BCUT2D eigenvalue weighted by molar-refractivity contribution is -0.151. The van der Waals surface area contributed by atoms with Gasteiger partial charge in [-0.2, -0.15) is 4.98 Å². The molecule has 0 radical (unpaired) electrons. The number of hydrogen-bond acceptors (Lipinski definition) is 6. The molecule has 3 heterocycles. The monoisotopic (exact) mass is 428 g/mol. The van der Waals surface area contributed by atoms with E-state index in [1.807, 2.05) is 0 Å². The Labute approximate surface area is 177 Å². The molecule has 1 aliphatic heterocycles. The molecule has 1 saturated heterocycles. The molecule has 2 N–H and O–H groups in total. The molecule has 2 unspecified atom stereocenters. The first-order chi connectivity index (χ1) is 14.4. The third-order valence-corrected chi connectivity index (χ3v) is 5.20. The van der Waals surface area contributed by atoms with Crippen molar-refractivity contribution in [2.24, 2.45) is 0 Å². The van der Waals surface area contributed by atoms with Crippen LogP contribution in [0.3, 0.4) is 0 Å². The number of carbonyl (C=O) groups excluding carboxylic acids is 1. The number of fused-ring (bicyclic) bond motifs is 1. The van der Waals surface area contributed by atoms with Crippen molar-refractivity contribution >= 4 is 34.4 Å². The Hall–Kier alpha value is -3.15. The summed E-state index contributed by atoms with van der Waals surface area (Å²) in [5.74, 6) is 2.06. The highest BCUT2D eigenvalue weighted by atomic mass is 35.5. The maximum atomic E-state index is 13.0. The first kappa shape index (κ1) is 20.1. The molecule has 2 atom stereocenters. The topological polar surface area (TPSA) is 92.3 Å². The minimum absolute atomic E-state index is 0.0152. The predicted octanol–water partition coefficient (Wildman–Crippen LogP) is 3.27. The van der Waals surface area contributed by atoms with Crippen molar-refractivity contribution in [3.63, 3.8) is 0 Å². The summed E-state index contributed by atoms with van der Waals surface area (Å²) in [6.07, 6.45) is 8.18. The third kappa shape index (κ3) is 3.95. The van der Waals surface area contributed by atoms with Crippen LogP contribution in [0.5, 0.6) is 0 Å². The molecular formula is C21H18ClFN4O3. The number of halogens is 2. The lowest BCUT2D eigenvalue weighted by atomic mass is 10.0. The molecule has 0 spiro atoms. The Kier molecular flexibility index (Phi) is 5.33. The van der Waals surface area contributed by atoms with E-state index in [0.717, 1.165) is 0 Å². The van der Waals surface area contributed by atoms with Crippen LogP contribution in [0.2, 0.25) is 5.28 Å². The van der Waals surface area contributed by atoms with Crippen LogP contribution in [0.4, 0.5) is 10.2 Å². The Morgan fingerprint density at radius 3 is 2.90 bits per heavy atom. The number of esters is 1. The minimum Gasteiger partial charge on any atom is -0.461 e. The van der Waals surface area contributed by atoms with Gasteiger partial charge in [0.2, 0.25) is 5.28 Å². The second-order valence-electron chi connectivity index (χ2n) is 7.05. The molecule has 1 fully saturated rings. The summed E-state index contributed by atoms with van der Waals surface area (Å²) >= 11 is 5.94. The number of ether oxygens (including phenoxy) is 2. The summed E-state index contributed by atoms with van der Waals surface area (Å²) in [6.45, 7) is -0.0862. The molecule has 1 aromatic carbocycles. The summed E-state index contributed by atoms with van der Waals surface area (Å²) in [5.41, 5.74) is 6.04. The van der Waals surface area contributed by atoms with Crippen LogP contribution in [0.15, 0.2) is 36.5 Å². The smallest absolute Gasteiger partial charge is 0.310 e. The van der Waals surface area contributed by atoms with E-state index in [1.54, 1.807) is 16.8 Å². The Bertz CT molecular complexity index is 1140. The summed E-state index contributed by atoms with van der Waals surface area (Å²) in [6, 6.07) is 7.43. The van der Waals surface area contributed by atoms with Gasteiger partial charge in [-0.15, -0.1) is 6.42 Å².